The quantitative estimate of drug-likeness (QED) is 0.0243. The zero-order valence-corrected chi connectivity index (χ0v) is 51.5. The van der Waals surface area contributed by atoms with E-state index in [1.165, 1.54) is 96.3 Å². The zero-order valence-electron chi connectivity index (χ0n) is 50.6. The Morgan fingerprint density at radius 3 is 1.18 bits per heavy atom. The molecule has 0 saturated heterocycles. The Morgan fingerprint density at radius 2 is 0.782 bits per heavy atom. The van der Waals surface area contributed by atoms with E-state index in [1.807, 2.05) is 27.2 Å². The molecule has 3 unspecified atom stereocenters. The van der Waals surface area contributed by atoms with Crippen LogP contribution >= 0.6 is 7.82 Å². The second-order valence-corrected chi connectivity index (χ2v) is 23.1. The molecule has 0 aromatic heterocycles. The monoisotopic (exact) mass is 1100 g/mol. The molecule has 8 nitrogen and oxygen atoms in total. The number of unbranched alkanes of at least 4 members (excludes halogenated alkanes) is 20. The fourth-order valence-corrected chi connectivity index (χ4v) is 8.94. The van der Waals surface area contributed by atoms with Crippen molar-refractivity contribution in [3.05, 3.63) is 146 Å². The predicted octanol–water partition coefficient (Wildman–Crippen LogP) is 19.6. The molecule has 0 aromatic carbocycles. The molecule has 0 fully saturated rings. The molecule has 3 atom stereocenters. The van der Waals surface area contributed by atoms with Crippen LogP contribution in [0, 0.1) is 0 Å². The number of nitrogens with one attached hydrogen (secondary N) is 1. The van der Waals surface area contributed by atoms with E-state index >= 15 is 0 Å². The van der Waals surface area contributed by atoms with Gasteiger partial charge in [0.2, 0.25) is 5.91 Å². The first-order valence-corrected chi connectivity index (χ1v) is 32.7. The summed E-state index contributed by atoms with van der Waals surface area (Å²) in [5, 5.41) is 13.9. The zero-order chi connectivity index (χ0) is 57.0. The van der Waals surface area contributed by atoms with Crippen LogP contribution in [0.4, 0.5) is 0 Å². The van der Waals surface area contributed by atoms with Gasteiger partial charge in [-0.05, 0) is 109 Å². The van der Waals surface area contributed by atoms with Crippen molar-refractivity contribution in [1.82, 2.24) is 5.32 Å². The number of allylic oxidation sites excluding steroid dienone is 23. The molecule has 0 heterocycles. The van der Waals surface area contributed by atoms with Crippen molar-refractivity contribution in [2.45, 2.75) is 244 Å². The van der Waals surface area contributed by atoms with E-state index in [0.29, 0.717) is 17.4 Å². The maximum Gasteiger partial charge on any atom is 0.472 e. The van der Waals surface area contributed by atoms with Gasteiger partial charge in [-0.3, -0.25) is 13.8 Å². The number of likely N-dealkylation sites (N-methyl/N-ethyl adjacent to an activating group) is 1. The van der Waals surface area contributed by atoms with Gasteiger partial charge in [0, 0.05) is 6.42 Å². The highest BCUT2D eigenvalue weighted by Crippen LogP contribution is 2.43. The van der Waals surface area contributed by atoms with Crippen LogP contribution in [0.1, 0.15) is 232 Å². The molecular weight excluding hydrogens is 984 g/mol. The lowest BCUT2D eigenvalue weighted by Gasteiger charge is -2.25. The summed E-state index contributed by atoms with van der Waals surface area (Å²) in [7, 11) is 1.53. The fraction of sp³-hybridized carbons (Fsp3) is 0.638. The Labute approximate surface area is 480 Å². The van der Waals surface area contributed by atoms with E-state index in [1.54, 1.807) is 6.08 Å². The molecule has 78 heavy (non-hydrogen) atoms. The van der Waals surface area contributed by atoms with Crippen molar-refractivity contribution in [1.29, 1.82) is 0 Å². The molecule has 444 valence electrons. The van der Waals surface area contributed by atoms with E-state index in [9.17, 15) is 19.4 Å². The smallest absolute Gasteiger partial charge is 0.387 e. The van der Waals surface area contributed by atoms with Gasteiger partial charge in [-0.2, -0.15) is 0 Å². The number of hydrogen-bond donors (Lipinski definition) is 3. The summed E-state index contributed by atoms with van der Waals surface area (Å²) < 4.78 is 23.7. The Bertz CT molecular complexity index is 1780. The number of phosphoric ester groups is 1. The Kier molecular flexibility index (Phi) is 55.4. The lowest BCUT2D eigenvalue weighted by molar-refractivity contribution is -0.870. The van der Waals surface area contributed by atoms with Crippen LogP contribution in [-0.4, -0.2) is 73.4 Å². The van der Waals surface area contributed by atoms with E-state index < -0.39 is 20.0 Å². The number of carbonyl (C=O) groups is 1. The van der Waals surface area contributed by atoms with Gasteiger partial charge in [-0.1, -0.05) is 262 Å². The van der Waals surface area contributed by atoms with Gasteiger partial charge in [-0.25, -0.2) is 4.57 Å². The molecule has 0 radical (unpaired) electrons. The maximum absolute atomic E-state index is 13.0. The van der Waals surface area contributed by atoms with Gasteiger partial charge in [-0.15, -0.1) is 0 Å². The second kappa shape index (κ2) is 58.0. The lowest BCUT2D eigenvalue weighted by atomic mass is 10.1. The van der Waals surface area contributed by atoms with E-state index in [2.05, 4.69) is 153 Å². The number of rotatable bonds is 55. The third kappa shape index (κ3) is 60.0. The first-order valence-electron chi connectivity index (χ1n) is 31.2. The molecule has 0 rings (SSSR count). The van der Waals surface area contributed by atoms with Crippen LogP contribution in [0.2, 0.25) is 0 Å². The van der Waals surface area contributed by atoms with Crippen molar-refractivity contribution >= 4 is 13.7 Å². The van der Waals surface area contributed by atoms with E-state index in [-0.39, 0.29) is 19.1 Å². The summed E-state index contributed by atoms with van der Waals surface area (Å²) in [4.78, 5) is 23.3. The highest BCUT2D eigenvalue weighted by molar-refractivity contribution is 7.47. The van der Waals surface area contributed by atoms with Crippen LogP contribution in [0.15, 0.2) is 146 Å². The summed E-state index contributed by atoms with van der Waals surface area (Å²) >= 11 is 0. The van der Waals surface area contributed by atoms with Crippen molar-refractivity contribution in [2.75, 3.05) is 40.9 Å². The number of carbonyl (C=O) groups excluding carboxylic acids is 1. The minimum Gasteiger partial charge on any atom is -0.387 e. The number of phosphoric acid groups is 1. The molecule has 0 aliphatic carbocycles. The van der Waals surface area contributed by atoms with Gasteiger partial charge < -0.3 is 19.8 Å². The summed E-state index contributed by atoms with van der Waals surface area (Å²) in [6.07, 6.45) is 89.6. The normalized spacial score (nSPS) is 14.8. The standard InChI is InChI=1S/C69H117N2O6P/c1-6-8-10-12-14-16-18-20-22-24-25-26-27-28-29-30-31-32-33-34-35-36-37-38-39-40-41-42-43-44-45-47-49-51-53-55-57-59-61-63-69(73)70-67(66-77-78(74,75)76-65-64-71(3,4)5)68(72)62-60-58-56-54-52-50-48-46-23-21-19-17-15-13-11-9-7-2/h8,10,14,16,20,22,25-26,28-29,31-32,34-35,37-38,40-41,43-44,52,54,60,62,67-68,72H,6-7,9,11-13,15,17-19,21,23-24,27,30,33,36,39,42,45-51,53,55-59,61,63-66H2,1-5H3,(H-,70,73,74,75)/p+1/b10-8-,16-14-,22-20-,26-25-,29-28-,32-31-,35-34-,38-37-,41-40-,44-43-,54-52+,62-60+. The van der Waals surface area contributed by atoms with Crippen molar-refractivity contribution in [2.24, 2.45) is 0 Å². The summed E-state index contributed by atoms with van der Waals surface area (Å²) in [5.41, 5.74) is 0. The molecule has 0 aliphatic heterocycles. The maximum atomic E-state index is 13.0. The van der Waals surface area contributed by atoms with Crippen LogP contribution in [0.3, 0.4) is 0 Å². The average molecular weight is 1100 g/mol. The van der Waals surface area contributed by atoms with Gasteiger partial charge in [0.05, 0.1) is 39.9 Å². The topological polar surface area (TPSA) is 105 Å². The molecule has 9 heteroatoms. The van der Waals surface area contributed by atoms with Gasteiger partial charge in [0.15, 0.2) is 0 Å². The minimum absolute atomic E-state index is 0.0473. The highest BCUT2D eigenvalue weighted by Gasteiger charge is 2.27. The summed E-state index contributed by atoms with van der Waals surface area (Å²) in [5.74, 6) is -0.201. The fourth-order valence-electron chi connectivity index (χ4n) is 8.20. The van der Waals surface area contributed by atoms with Crippen LogP contribution in [-0.2, 0) is 18.4 Å². The predicted molar refractivity (Wildman–Crippen MR) is 341 cm³/mol. The average Bonchev–Trinajstić information content (AvgIpc) is 3.40. The second-order valence-electron chi connectivity index (χ2n) is 21.7. The summed E-state index contributed by atoms with van der Waals surface area (Å²) in [6, 6.07) is -0.878. The summed E-state index contributed by atoms with van der Waals surface area (Å²) in [6.45, 7) is 4.66. The molecule has 0 saturated carbocycles. The lowest BCUT2D eigenvalue weighted by Crippen LogP contribution is -2.45. The van der Waals surface area contributed by atoms with Gasteiger partial charge in [0.1, 0.15) is 13.2 Å². The molecule has 3 N–H and O–H groups in total. The molecule has 0 bridgehead atoms. The molecular formula is C69H118N2O6P+. The number of quaternary nitrogens is 1. The van der Waals surface area contributed by atoms with Crippen molar-refractivity contribution < 1.29 is 32.9 Å². The first kappa shape index (κ1) is 74.4. The van der Waals surface area contributed by atoms with Gasteiger partial charge >= 0.3 is 7.82 Å². The third-order valence-electron chi connectivity index (χ3n) is 13.0. The van der Waals surface area contributed by atoms with Gasteiger partial charge in [0.25, 0.3) is 0 Å². The number of amides is 1. The minimum atomic E-state index is -4.37. The number of aliphatic hydroxyl groups is 1. The number of aliphatic hydroxyl groups excluding tert-OH is 1. The van der Waals surface area contributed by atoms with Crippen molar-refractivity contribution in [3.8, 4) is 0 Å². The Morgan fingerprint density at radius 1 is 0.449 bits per heavy atom. The SMILES string of the molecule is CC/C=C\C/C=C\C/C=C\C/C=C\C/C=C\C/C=C\C/C=C\C/C=C\C/C=C\C/C=C\CCCCCCCCCCC(=O)NC(COP(=O)(O)OCC[N+](C)(C)C)C(O)/C=C/CC/C=C/CCCCCCCCCCCCC. The molecule has 1 amide bonds. The van der Waals surface area contributed by atoms with Crippen LogP contribution < -0.4 is 5.32 Å². The third-order valence-corrected chi connectivity index (χ3v) is 14.0. The van der Waals surface area contributed by atoms with Crippen LogP contribution in [0.25, 0.3) is 0 Å². The number of hydrogen-bond acceptors (Lipinski definition) is 5. The number of nitrogens with zero attached hydrogens (tertiary/aromatic N) is 1. The van der Waals surface area contributed by atoms with Crippen LogP contribution in [0.5, 0.6) is 0 Å². The van der Waals surface area contributed by atoms with E-state index in [0.717, 1.165) is 116 Å². The van der Waals surface area contributed by atoms with Crippen molar-refractivity contribution in [3.63, 3.8) is 0 Å². The Hall–Kier alpha value is -3.62. The first-order chi connectivity index (χ1) is 38.0. The highest BCUT2D eigenvalue weighted by atomic mass is 31.2. The molecule has 0 aromatic rings. The Balaban J connectivity index is 4.19. The molecule has 0 aliphatic rings. The largest absolute Gasteiger partial charge is 0.472 e. The molecule has 0 spiro atoms. The van der Waals surface area contributed by atoms with E-state index in [4.69, 9.17) is 9.05 Å².